The van der Waals surface area contributed by atoms with E-state index in [9.17, 15) is 13.2 Å². The van der Waals surface area contributed by atoms with Crippen molar-refractivity contribution in [1.82, 2.24) is 13.9 Å². The van der Waals surface area contributed by atoms with Gasteiger partial charge in [0.05, 0.1) is 17.1 Å². The molecule has 9 heteroatoms. The molecule has 0 amide bonds. The Kier molecular flexibility index (Phi) is 5.71. The van der Waals surface area contributed by atoms with E-state index in [1.165, 1.54) is 38.5 Å². The molecule has 3 aromatic rings. The molecule has 0 saturated heterocycles. The zero-order valence-corrected chi connectivity index (χ0v) is 16.9. The molecule has 0 fully saturated rings. The van der Waals surface area contributed by atoms with Gasteiger partial charge in [-0.3, -0.25) is 4.79 Å². The van der Waals surface area contributed by atoms with Crippen LogP contribution in [0.25, 0.3) is 10.6 Å². The van der Waals surface area contributed by atoms with Gasteiger partial charge in [0.2, 0.25) is 10.0 Å². The topological polar surface area (TPSA) is 72.3 Å². The molecule has 0 unspecified atom stereocenters. The van der Waals surface area contributed by atoms with Crippen LogP contribution < -0.4 is 5.56 Å². The summed E-state index contributed by atoms with van der Waals surface area (Å²) >= 11 is 3.11. The minimum atomic E-state index is -3.61. The summed E-state index contributed by atoms with van der Waals surface area (Å²) in [6.07, 6.45) is 1.40. The van der Waals surface area contributed by atoms with Crippen molar-refractivity contribution in [1.29, 1.82) is 0 Å². The first-order valence-electron chi connectivity index (χ1n) is 8.13. The molecule has 0 atom stereocenters. The number of thiophene rings is 1. The smallest absolute Gasteiger partial charge is 0.250 e. The van der Waals surface area contributed by atoms with E-state index in [1.54, 1.807) is 25.2 Å². The Morgan fingerprint density at radius 3 is 2.58 bits per heavy atom. The van der Waals surface area contributed by atoms with Crippen molar-refractivity contribution in [3.8, 4) is 10.6 Å². The summed E-state index contributed by atoms with van der Waals surface area (Å²) in [5.74, 6) is 0. The number of pyridine rings is 1. The summed E-state index contributed by atoms with van der Waals surface area (Å²) < 4.78 is 28.1. The van der Waals surface area contributed by atoms with Crippen LogP contribution >= 0.6 is 22.7 Å². The van der Waals surface area contributed by atoms with Crippen molar-refractivity contribution < 1.29 is 8.42 Å². The second kappa shape index (κ2) is 7.83. The molecular weight excluding hydrogens is 390 g/mol. The molecule has 3 aromatic heterocycles. The Balaban J connectivity index is 1.91. The average molecular weight is 410 g/mol. The number of sulfonamides is 1. The Morgan fingerprint density at radius 1 is 1.15 bits per heavy atom. The van der Waals surface area contributed by atoms with Crippen molar-refractivity contribution >= 4 is 32.7 Å². The van der Waals surface area contributed by atoms with Crippen molar-refractivity contribution in [2.45, 2.75) is 25.3 Å². The van der Waals surface area contributed by atoms with Gasteiger partial charge in [-0.15, -0.1) is 11.3 Å². The molecule has 6 nitrogen and oxygen atoms in total. The Morgan fingerprint density at radius 2 is 1.92 bits per heavy atom. The van der Waals surface area contributed by atoms with Crippen molar-refractivity contribution in [2.24, 2.45) is 0 Å². The molecule has 3 rings (SSSR count). The van der Waals surface area contributed by atoms with Crippen LogP contribution in [0.4, 0.5) is 0 Å². The maximum absolute atomic E-state index is 12.7. The van der Waals surface area contributed by atoms with E-state index >= 15 is 0 Å². The Hall–Kier alpha value is -1.81. The fourth-order valence-corrected chi connectivity index (χ4v) is 5.57. The van der Waals surface area contributed by atoms with Gasteiger partial charge in [-0.25, -0.2) is 13.4 Å². The highest BCUT2D eigenvalue weighted by molar-refractivity contribution is 7.89. The van der Waals surface area contributed by atoms with Gasteiger partial charge in [0.15, 0.2) is 0 Å². The van der Waals surface area contributed by atoms with E-state index in [2.05, 4.69) is 4.98 Å². The lowest BCUT2D eigenvalue weighted by molar-refractivity contribution is 0.444. The summed E-state index contributed by atoms with van der Waals surface area (Å²) in [5.41, 5.74) is 1.53. The molecule has 138 valence electrons. The first-order valence-corrected chi connectivity index (χ1v) is 11.4. The molecule has 0 spiro atoms. The highest BCUT2D eigenvalue weighted by Crippen LogP contribution is 2.26. The summed E-state index contributed by atoms with van der Waals surface area (Å²) in [6, 6.07) is 4.66. The van der Waals surface area contributed by atoms with E-state index in [0.717, 1.165) is 16.3 Å². The lowest BCUT2D eigenvalue weighted by Crippen LogP contribution is -2.32. The van der Waals surface area contributed by atoms with Crippen LogP contribution in [0.1, 0.15) is 19.5 Å². The fraction of sp³-hybridized carbons (Fsp3) is 0.294. The summed E-state index contributed by atoms with van der Waals surface area (Å²) in [7, 11) is -3.61. The third-order valence-electron chi connectivity index (χ3n) is 3.95. The number of rotatable bonds is 7. The molecule has 0 aliphatic heterocycles. The SMILES string of the molecule is CCN(CC)S(=O)(=O)c1ccc(=O)n(Cc2csc(-c3ccsc3)n2)c1. The first-order chi connectivity index (χ1) is 12.5. The number of thiazole rings is 1. The molecule has 0 N–H and O–H groups in total. The third-order valence-corrected chi connectivity index (χ3v) is 7.61. The van der Waals surface area contributed by atoms with Crippen LogP contribution in [-0.2, 0) is 16.6 Å². The Bertz CT molecular complexity index is 1030. The quantitative estimate of drug-likeness (QED) is 0.601. The van der Waals surface area contributed by atoms with Crippen molar-refractivity contribution in [3.05, 3.63) is 56.6 Å². The van der Waals surface area contributed by atoms with Crippen LogP contribution in [0.15, 0.2) is 50.2 Å². The normalized spacial score (nSPS) is 12.0. The maximum atomic E-state index is 12.7. The van der Waals surface area contributed by atoms with Gasteiger partial charge < -0.3 is 4.57 Å². The predicted molar refractivity (Wildman–Crippen MR) is 105 cm³/mol. The van der Waals surface area contributed by atoms with Crippen molar-refractivity contribution in [3.63, 3.8) is 0 Å². The molecule has 0 bridgehead atoms. The molecule has 26 heavy (non-hydrogen) atoms. The molecule has 0 aromatic carbocycles. The number of aromatic nitrogens is 2. The second-order valence-corrected chi connectivity index (χ2v) is 9.15. The van der Waals surface area contributed by atoms with Crippen LogP contribution in [0, 0.1) is 0 Å². The molecule has 0 aliphatic rings. The summed E-state index contributed by atoms with van der Waals surface area (Å²) in [4.78, 5) is 16.9. The monoisotopic (exact) mass is 409 g/mol. The van der Waals surface area contributed by atoms with Gasteiger partial charge >= 0.3 is 0 Å². The molecule has 3 heterocycles. The lowest BCUT2D eigenvalue weighted by atomic mass is 10.3. The van der Waals surface area contributed by atoms with Crippen LogP contribution in [0.3, 0.4) is 0 Å². The minimum Gasteiger partial charge on any atom is -0.308 e. The van der Waals surface area contributed by atoms with E-state index in [4.69, 9.17) is 0 Å². The molecule has 0 radical (unpaired) electrons. The van der Waals surface area contributed by atoms with E-state index in [0.29, 0.717) is 13.1 Å². The van der Waals surface area contributed by atoms with Crippen molar-refractivity contribution in [2.75, 3.05) is 13.1 Å². The highest BCUT2D eigenvalue weighted by atomic mass is 32.2. The third kappa shape index (κ3) is 3.80. The number of nitrogens with zero attached hydrogens (tertiary/aromatic N) is 3. The molecular formula is C17H19N3O3S3. The van der Waals surface area contributed by atoms with E-state index in [-0.39, 0.29) is 17.0 Å². The number of hydrogen-bond donors (Lipinski definition) is 0. The predicted octanol–water partition coefficient (Wildman–Crippen LogP) is 3.11. The van der Waals surface area contributed by atoms with Crippen LogP contribution in [0.5, 0.6) is 0 Å². The lowest BCUT2D eigenvalue weighted by Gasteiger charge is -2.18. The van der Waals surface area contributed by atoms with Crippen LogP contribution in [0.2, 0.25) is 0 Å². The largest absolute Gasteiger partial charge is 0.308 e. The first kappa shape index (κ1) is 19.0. The molecule has 0 aliphatic carbocycles. The standard InChI is InChI=1S/C17H19N3O3S3/c1-3-20(4-2)26(22,23)15-5-6-16(21)19(10-15)9-14-12-25-17(18-14)13-7-8-24-11-13/h5-8,10-12H,3-4,9H2,1-2H3. The Labute approximate surface area is 160 Å². The van der Waals surface area contributed by atoms with E-state index in [1.807, 2.05) is 22.2 Å². The summed E-state index contributed by atoms with van der Waals surface area (Å²) in [6.45, 7) is 4.58. The fourth-order valence-electron chi connectivity index (χ4n) is 2.57. The summed E-state index contributed by atoms with van der Waals surface area (Å²) in [5, 5.41) is 6.79. The average Bonchev–Trinajstić information content (AvgIpc) is 3.29. The van der Waals surface area contributed by atoms with Gasteiger partial charge in [0.1, 0.15) is 5.01 Å². The minimum absolute atomic E-state index is 0.120. The van der Waals surface area contributed by atoms with Gasteiger partial charge in [-0.1, -0.05) is 13.8 Å². The highest BCUT2D eigenvalue weighted by Gasteiger charge is 2.22. The molecule has 0 saturated carbocycles. The van der Waals surface area contributed by atoms with Gasteiger partial charge in [-0.2, -0.15) is 15.6 Å². The van der Waals surface area contributed by atoms with Gasteiger partial charge in [-0.05, 0) is 17.5 Å². The second-order valence-electron chi connectivity index (χ2n) is 5.58. The van der Waals surface area contributed by atoms with Gasteiger partial charge in [0, 0.05) is 41.7 Å². The van der Waals surface area contributed by atoms with Gasteiger partial charge in [0.25, 0.3) is 5.56 Å². The van der Waals surface area contributed by atoms with E-state index < -0.39 is 10.0 Å². The van der Waals surface area contributed by atoms with Crippen LogP contribution in [-0.4, -0.2) is 35.4 Å². The zero-order chi connectivity index (χ0) is 18.7. The maximum Gasteiger partial charge on any atom is 0.250 e. The number of hydrogen-bond acceptors (Lipinski definition) is 6. The zero-order valence-electron chi connectivity index (χ0n) is 14.5.